The zero-order valence-corrected chi connectivity index (χ0v) is 9.27. The number of benzene rings is 1. The van der Waals surface area contributed by atoms with Crippen LogP contribution in [0.5, 0.6) is 0 Å². The van der Waals surface area contributed by atoms with Crippen LogP contribution in [0.3, 0.4) is 0 Å². The van der Waals surface area contributed by atoms with Gasteiger partial charge < -0.3 is 5.11 Å². The highest BCUT2D eigenvalue weighted by Gasteiger charge is 2.22. The van der Waals surface area contributed by atoms with Gasteiger partial charge >= 0.3 is 16.2 Å². The summed E-state index contributed by atoms with van der Waals surface area (Å²) in [5, 5.41) is 8.49. The largest absolute Gasteiger partial charge is 0.478 e. The fourth-order valence-electron chi connectivity index (χ4n) is 0.865. The van der Waals surface area contributed by atoms with Crippen molar-refractivity contribution in [3.8, 4) is 0 Å². The molecule has 1 aromatic rings. The number of rotatable bonds is 2. The summed E-state index contributed by atoms with van der Waals surface area (Å²) in [6.07, 6.45) is 0. The normalized spacial score (nSPS) is 11.4. The fourth-order valence-corrected chi connectivity index (χ4v) is 2.25. The number of aromatic carboxylic acids is 1. The van der Waals surface area contributed by atoms with Gasteiger partial charge in [-0.2, -0.15) is 8.42 Å². The molecule has 0 aliphatic carbocycles. The number of hydrogen-bond donors (Lipinski definition) is 1. The molecule has 0 amide bonds. The Labute approximate surface area is 91.9 Å². The number of halogens is 3. The van der Waals surface area contributed by atoms with E-state index in [1.54, 1.807) is 0 Å². The second kappa shape index (κ2) is 3.86. The quantitative estimate of drug-likeness (QED) is 0.847. The van der Waals surface area contributed by atoms with E-state index in [0.29, 0.717) is 12.1 Å². The Balaban J connectivity index is 3.59. The van der Waals surface area contributed by atoms with E-state index in [9.17, 15) is 21.5 Å². The van der Waals surface area contributed by atoms with Crippen LogP contribution in [0.4, 0.5) is 8.28 Å². The van der Waals surface area contributed by atoms with Crippen molar-refractivity contribution in [1.29, 1.82) is 0 Å². The maximum atomic E-state index is 13.0. The predicted molar refractivity (Wildman–Crippen MR) is 49.4 cm³/mol. The molecule has 0 bridgehead atoms. The molecule has 1 aromatic carbocycles. The van der Waals surface area contributed by atoms with Crippen LogP contribution >= 0.6 is 15.9 Å². The van der Waals surface area contributed by atoms with Crippen LogP contribution in [0, 0.1) is 5.82 Å². The van der Waals surface area contributed by atoms with Crippen molar-refractivity contribution in [2.75, 3.05) is 0 Å². The highest BCUT2D eigenvalue weighted by atomic mass is 79.9. The Morgan fingerprint density at radius 1 is 1.40 bits per heavy atom. The highest BCUT2D eigenvalue weighted by molar-refractivity contribution is 9.10. The van der Waals surface area contributed by atoms with Gasteiger partial charge in [-0.15, -0.1) is 3.89 Å². The first kappa shape index (κ1) is 12.1. The van der Waals surface area contributed by atoms with E-state index in [-0.39, 0.29) is 0 Å². The summed E-state index contributed by atoms with van der Waals surface area (Å²) in [5.41, 5.74) is -0.646. The van der Waals surface area contributed by atoms with Crippen molar-refractivity contribution in [1.82, 2.24) is 0 Å². The van der Waals surface area contributed by atoms with Crippen molar-refractivity contribution >= 4 is 32.1 Å². The van der Waals surface area contributed by atoms with Gasteiger partial charge in [0.2, 0.25) is 0 Å². The number of carbonyl (C=O) groups is 1. The van der Waals surface area contributed by atoms with E-state index in [0.717, 1.165) is 0 Å². The van der Waals surface area contributed by atoms with Gasteiger partial charge in [0, 0.05) is 0 Å². The topological polar surface area (TPSA) is 71.4 Å². The Morgan fingerprint density at radius 3 is 2.33 bits per heavy atom. The second-order valence-corrected chi connectivity index (χ2v) is 4.62. The highest BCUT2D eigenvalue weighted by Crippen LogP contribution is 2.27. The second-order valence-electron chi connectivity index (χ2n) is 2.51. The smallest absolute Gasteiger partial charge is 0.335 e. The molecule has 1 N–H and O–H groups in total. The molecular weight excluding hydrogens is 298 g/mol. The third kappa shape index (κ3) is 2.51. The lowest BCUT2D eigenvalue weighted by atomic mass is 10.2. The summed E-state index contributed by atoms with van der Waals surface area (Å²) in [4.78, 5) is 9.40. The summed E-state index contributed by atoms with van der Waals surface area (Å²) in [5.74, 6) is -2.71. The van der Waals surface area contributed by atoms with Crippen LogP contribution in [0.1, 0.15) is 10.4 Å². The van der Waals surface area contributed by atoms with Crippen molar-refractivity contribution in [3.05, 3.63) is 28.0 Å². The minimum atomic E-state index is -5.16. The maximum Gasteiger partial charge on any atom is 0.335 e. The molecule has 15 heavy (non-hydrogen) atoms. The summed E-state index contributed by atoms with van der Waals surface area (Å²) in [6.45, 7) is 0. The Hall–Kier alpha value is -1.02. The van der Waals surface area contributed by atoms with E-state index in [2.05, 4.69) is 15.9 Å². The molecule has 0 fully saturated rings. The molecule has 8 heteroatoms. The molecular formula is C7H3BrF2O4S. The number of carboxylic acid groups (broad SMARTS) is 1. The van der Waals surface area contributed by atoms with Crippen molar-refractivity contribution in [2.24, 2.45) is 0 Å². The maximum absolute atomic E-state index is 13.0. The fraction of sp³-hybridized carbons (Fsp3) is 0. The van der Waals surface area contributed by atoms with Crippen LogP contribution in [-0.2, 0) is 10.2 Å². The molecule has 0 saturated carbocycles. The SMILES string of the molecule is O=C(O)c1cc(F)c(Br)c(S(=O)(=O)F)c1. The van der Waals surface area contributed by atoms with E-state index < -0.39 is 36.9 Å². The summed E-state index contributed by atoms with van der Waals surface area (Å²) >= 11 is 2.51. The number of carboxylic acids is 1. The average molecular weight is 301 g/mol. The third-order valence-corrected chi connectivity index (χ3v) is 3.42. The Bertz CT molecular complexity index is 526. The Morgan fingerprint density at radius 2 is 1.93 bits per heavy atom. The molecule has 0 atom stereocenters. The molecule has 0 radical (unpaired) electrons. The lowest BCUT2D eigenvalue weighted by Gasteiger charge is -2.02. The predicted octanol–water partition coefficient (Wildman–Crippen LogP) is 1.94. The van der Waals surface area contributed by atoms with Crippen molar-refractivity contribution in [2.45, 2.75) is 4.90 Å². The first-order valence-corrected chi connectivity index (χ1v) is 5.58. The first-order chi connectivity index (χ1) is 6.73. The Kier molecular flexibility index (Phi) is 3.10. The zero-order chi connectivity index (χ0) is 11.8. The van der Waals surface area contributed by atoms with Crippen LogP contribution in [0.25, 0.3) is 0 Å². The van der Waals surface area contributed by atoms with Gasteiger partial charge in [-0.05, 0) is 28.1 Å². The molecule has 0 spiro atoms. The van der Waals surface area contributed by atoms with E-state index >= 15 is 0 Å². The van der Waals surface area contributed by atoms with E-state index in [1.165, 1.54) is 0 Å². The average Bonchev–Trinajstić information content (AvgIpc) is 2.06. The molecule has 4 nitrogen and oxygen atoms in total. The minimum absolute atomic E-state index is 0.533. The lowest BCUT2D eigenvalue weighted by Crippen LogP contribution is -2.03. The van der Waals surface area contributed by atoms with Crippen LogP contribution in [-0.4, -0.2) is 19.5 Å². The van der Waals surface area contributed by atoms with E-state index in [1.807, 2.05) is 0 Å². The lowest BCUT2D eigenvalue weighted by molar-refractivity contribution is 0.0696. The molecule has 0 saturated heterocycles. The van der Waals surface area contributed by atoms with Gasteiger partial charge in [-0.25, -0.2) is 9.18 Å². The molecule has 0 aliphatic rings. The molecule has 1 rings (SSSR count). The van der Waals surface area contributed by atoms with Crippen LogP contribution in [0.2, 0.25) is 0 Å². The summed E-state index contributed by atoms with van der Waals surface area (Å²) < 4.78 is 46.0. The van der Waals surface area contributed by atoms with E-state index in [4.69, 9.17) is 5.11 Å². The van der Waals surface area contributed by atoms with Gasteiger partial charge in [0.1, 0.15) is 10.7 Å². The van der Waals surface area contributed by atoms with Crippen molar-refractivity contribution in [3.63, 3.8) is 0 Å². The van der Waals surface area contributed by atoms with Gasteiger partial charge in [0.15, 0.2) is 0 Å². The number of hydrogen-bond acceptors (Lipinski definition) is 3. The molecule has 0 aliphatic heterocycles. The van der Waals surface area contributed by atoms with Gasteiger partial charge in [0.25, 0.3) is 0 Å². The minimum Gasteiger partial charge on any atom is -0.478 e. The monoisotopic (exact) mass is 300 g/mol. The van der Waals surface area contributed by atoms with Crippen LogP contribution < -0.4 is 0 Å². The van der Waals surface area contributed by atoms with Gasteiger partial charge in [0.05, 0.1) is 10.0 Å². The molecule has 0 heterocycles. The van der Waals surface area contributed by atoms with Gasteiger partial charge in [-0.3, -0.25) is 0 Å². The molecule has 0 aromatic heterocycles. The molecule has 82 valence electrons. The third-order valence-electron chi connectivity index (χ3n) is 1.50. The van der Waals surface area contributed by atoms with Crippen molar-refractivity contribution < 1.29 is 26.6 Å². The first-order valence-electron chi connectivity index (χ1n) is 3.40. The van der Waals surface area contributed by atoms with Crippen LogP contribution in [0.15, 0.2) is 21.5 Å². The summed E-state index contributed by atoms with van der Waals surface area (Å²) in [7, 11) is -5.16. The standard InChI is InChI=1S/C7H3BrF2O4S/c8-6-4(9)1-3(7(11)12)2-5(6)15(10,13)14/h1-2H,(H,11,12). The summed E-state index contributed by atoms with van der Waals surface area (Å²) in [6, 6.07) is 1.12. The zero-order valence-electron chi connectivity index (χ0n) is 6.87. The van der Waals surface area contributed by atoms with Gasteiger partial charge in [-0.1, -0.05) is 0 Å². The molecule has 0 unspecified atom stereocenters.